The molecule has 0 saturated heterocycles. The molecule has 0 spiro atoms. The lowest BCUT2D eigenvalue weighted by Crippen LogP contribution is -2.10. The van der Waals surface area contributed by atoms with Crippen molar-refractivity contribution in [2.45, 2.75) is 40.3 Å². The van der Waals surface area contributed by atoms with Gasteiger partial charge in [-0.3, -0.25) is 0 Å². The molecule has 0 aliphatic heterocycles. The van der Waals surface area contributed by atoms with Crippen molar-refractivity contribution in [2.75, 3.05) is 5.32 Å². The van der Waals surface area contributed by atoms with Gasteiger partial charge in [-0.25, -0.2) is 9.97 Å². The Bertz CT molecular complexity index is 553. The minimum atomic E-state index is 0.100. The Labute approximate surface area is 117 Å². The minimum absolute atomic E-state index is 0.100. The van der Waals surface area contributed by atoms with Gasteiger partial charge in [-0.1, -0.05) is 0 Å². The minimum Gasteiger partial charge on any atom is -0.475 e. The molecule has 102 valence electrons. The first kappa shape index (κ1) is 13.7. The summed E-state index contributed by atoms with van der Waals surface area (Å²) in [6, 6.07) is 1.83. The average molecular weight is 278 g/mol. The van der Waals surface area contributed by atoms with E-state index in [0.717, 1.165) is 16.4 Å². The van der Waals surface area contributed by atoms with Gasteiger partial charge in [0.2, 0.25) is 11.8 Å². The van der Waals surface area contributed by atoms with Crippen LogP contribution in [0.2, 0.25) is 0 Å². The molecule has 2 heterocycles. The van der Waals surface area contributed by atoms with E-state index < -0.39 is 0 Å². The van der Waals surface area contributed by atoms with Gasteiger partial charge in [-0.05, 0) is 27.7 Å². The summed E-state index contributed by atoms with van der Waals surface area (Å²) in [5.41, 5.74) is 1.88. The van der Waals surface area contributed by atoms with E-state index in [1.54, 1.807) is 11.3 Å². The molecule has 0 aliphatic carbocycles. The third kappa shape index (κ3) is 4.17. The number of thiazole rings is 1. The number of ether oxygens (including phenoxy) is 1. The number of anilines is 1. The zero-order valence-electron chi connectivity index (χ0n) is 11.6. The van der Waals surface area contributed by atoms with Gasteiger partial charge >= 0.3 is 0 Å². The Morgan fingerprint density at radius 2 is 2.05 bits per heavy atom. The van der Waals surface area contributed by atoms with Gasteiger partial charge in [0.05, 0.1) is 23.4 Å². The van der Waals surface area contributed by atoms with Gasteiger partial charge in [-0.2, -0.15) is 4.98 Å². The normalized spacial score (nSPS) is 10.8. The van der Waals surface area contributed by atoms with Crippen LogP contribution in [0.1, 0.15) is 30.2 Å². The van der Waals surface area contributed by atoms with Gasteiger partial charge in [0.15, 0.2) is 0 Å². The fourth-order valence-electron chi connectivity index (χ4n) is 1.58. The fourth-order valence-corrected chi connectivity index (χ4v) is 2.19. The zero-order valence-corrected chi connectivity index (χ0v) is 12.4. The molecule has 5 nitrogen and oxygen atoms in total. The van der Waals surface area contributed by atoms with Gasteiger partial charge in [0.1, 0.15) is 0 Å². The van der Waals surface area contributed by atoms with Crippen LogP contribution in [-0.4, -0.2) is 21.1 Å². The van der Waals surface area contributed by atoms with E-state index in [4.69, 9.17) is 4.74 Å². The maximum atomic E-state index is 5.59. The molecule has 1 N–H and O–H groups in total. The lowest BCUT2D eigenvalue weighted by Gasteiger charge is -2.11. The summed E-state index contributed by atoms with van der Waals surface area (Å²) in [7, 11) is 0. The third-order valence-corrected chi connectivity index (χ3v) is 3.10. The van der Waals surface area contributed by atoms with Crippen molar-refractivity contribution < 1.29 is 4.74 Å². The molecule has 6 heteroatoms. The number of aryl methyl sites for hydroxylation is 2. The van der Waals surface area contributed by atoms with Crippen molar-refractivity contribution in [3.63, 3.8) is 0 Å². The molecular weight excluding hydrogens is 260 g/mol. The van der Waals surface area contributed by atoms with Crippen molar-refractivity contribution in [1.82, 2.24) is 15.0 Å². The second kappa shape index (κ2) is 5.97. The fraction of sp³-hybridized carbons (Fsp3) is 0.462. The number of nitrogens with zero attached hydrogens (tertiary/aromatic N) is 3. The first-order valence-corrected chi connectivity index (χ1v) is 7.08. The molecule has 2 aromatic rings. The topological polar surface area (TPSA) is 59.9 Å². The quantitative estimate of drug-likeness (QED) is 0.911. The van der Waals surface area contributed by atoms with Crippen molar-refractivity contribution in [3.8, 4) is 5.88 Å². The Morgan fingerprint density at radius 3 is 2.68 bits per heavy atom. The zero-order chi connectivity index (χ0) is 13.8. The van der Waals surface area contributed by atoms with Crippen LogP contribution in [0.4, 0.5) is 5.95 Å². The molecule has 0 radical (unpaired) electrons. The maximum absolute atomic E-state index is 5.59. The molecule has 2 rings (SSSR count). The Kier molecular flexibility index (Phi) is 4.31. The van der Waals surface area contributed by atoms with Crippen LogP contribution < -0.4 is 10.1 Å². The largest absolute Gasteiger partial charge is 0.475 e. The monoisotopic (exact) mass is 278 g/mol. The highest BCUT2D eigenvalue weighted by atomic mass is 32.1. The van der Waals surface area contributed by atoms with E-state index >= 15 is 0 Å². The van der Waals surface area contributed by atoms with E-state index in [1.165, 1.54) is 0 Å². The standard InChI is InChI=1S/C13H18N4OS/c1-8(2)18-12-5-9(3)15-13(17-12)14-6-11-7-19-10(4)16-11/h5,7-8H,6H2,1-4H3,(H,14,15,17). The van der Waals surface area contributed by atoms with E-state index in [-0.39, 0.29) is 6.10 Å². The van der Waals surface area contributed by atoms with Gasteiger partial charge in [0.25, 0.3) is 0 Å². The number of rotatable bonds is 5. The van der Waals surface area contributed by atoms with Crippen LogP contribution in [0, 0.1) is 13.8 Å². The van der Waals surface area contributed by atoms with Crippen molar-refractivity contribution in [2.24, 2.45) is 0 Å². The van der Waals surface area contributed by atoms with Crippen LogP contribution in [0.5, 0.6) is 5.88 Å². The number of hydrogen-bond donors (Lipinski definition) is 1. The maximum Gasteiger partial charge on any atom is 0.226 e. The van der Waals surface area contributed by atoms with Crippen molar-refractivity contribution in [1.29, 1.82) is 0 Å². The lowest BCUT2D eigenvalue weighted by atomic mass is 10.4. The Balaban J connectivity index is 2.05. The van der Waals surface area contributed by atoms with Crippen LogP contribution >= 0.6 is 11.3 Å². The van der Waals surface area contributed by atoms with Gasteiger partial charge in [-0.15, -0.1) is 11.3 Å². The van der Waals surface area contributed by atoms with E-state index in [0.29, 0.717) is 18.4 Å². The van der Waals surface area contributed by atoms with Crippen molar-refractivity contribution in [3.05, 3.63) is 27.8 Å². The molecule has 2 aromatic heterocycles. The SMILES string of the molecule is Cc1cc(OC(C)C)nc(NCc2csc(C)n2)n1. The van der Waals surface area contributed by atoms with Crippen LogP contribution in [0.15, 0.2) is 11.4 Å². The first-order chi connectivity index (χ1) is 9.02. The molecule has 0 aliphatic rings. The molecule has 0 amide bonds. The highest BCUT2D eigenvalue weighted by Gasteiger charge is 2.05. The summed E-state index contributed by atoms with van der Waals surface area (Å²) in [6.45, 7) is 8.49. The summed E-state index contributed by atoms with van der Waals surface area (Å²) in [6.07, 6.45) is 0.100. The number of nitrogens with one attached hydrogen (secondary N) is 1. The third-order valence-electron chi connectivity index (χ3n) is 2.28. The molecule has 0 atom stereocenters. The predicted octanol–water partition coefficient (Wildman–Crippen LogP) is 2.95. The summed E-state index contributed by atoms with van der Waals surface area (Å²) in [4.78, 5) is 13.1. The lowest BCUT2D eigenvalue weighted by molar-refractivity contribution is 0.232. The van der Waals surface area contributed by atoms with Gasteiger partial charge in [0, 0.05) is 17.1 Å². The summed E-state index contributed by atoms with van der Waals surface area (Å²) in [5, 5.41) is 6.26. The summed E-state index contributed by atoms with van der Waals surface area (Å²) in [5.74, 6) is 1.17. The highest BCUT2D eigenvalue weighted by molar-refractivity contribution is 7.09. The van der Waals surface area contributed by atoms with E-state index in [2.05, 4.69) is 20.3 Å². The molecule has 0 fully saturated rings. The van der Waals surface area contributed by atoms with Crippen LogP contribution in [0.25, 0.3) is 0 Å². The highest BCUT2D eigenvalue weighted by Crippen LogP contribution is 2.15. The average Bonchev–Trinajstić information content (AvgIpc) is 2.71. The molecule has 19 heavy (non-hydrogen) atoms. The smallest absolute Gasteiger partial charge is 0.226 e. The Morgan fingerprint density at radius 1 is 1.26 bits per heavy atom. The predicted molar refractivity (Wildman–Crippen MR) is 76.7 cm³/mol. The summed E-state index contributed by atoms with van der Waals surface area (Å²) >= 11 is 1.64. The second-order valence-electron chi connectivity index (χ2n) is 4.55. The molecule has 0 aromatic carbocycles. The number of hydrogen-bond acceptors (Lipinski definition) is 6. The second-order valence-corrected chi connectivity index (χ2v) is 5.61. The van der Waals surface area contributed by atoms with Crippen LogP contribution in [-0.2, 0) is 6.54 Å². The molecule has 0 saturated carbocycles. The molecule has 0 bridgehead atoms. The van der Waals surface area contributed by atoms with E-state index in [1.807, 2.05) is 39.1 Å². The molecule has 0 unspecified atom stereocenters. The van der Waals surface area contributed by atoms with E-state index in [9.17, 15) is 0 Å². The van der Waals surface area contributed by atoms with Crippen LogP contribution in [0.3, 0.4) is 0 Å². The summed E-state index contributed by atoms with van der Waals surface area (Å²) < 4.78 is 5.59. The number of aromatic nitrogens is 3. The first-order valence-electron chi connectivity index (χ1n) is 6.20. The Hall–Kier alpha value is -1.69. The van der Waals surface area contributed by atoms with Gasteiger partial charge < -0.3 is 10.1 Å². The molecular formula is C13H18N4OS. The van der Waals surface area contributed by atoms with Crippen molar-refractivity contribution >= 4 is 17.3 Å².